The summed E-state index contributed by atoms with van der Waals surface area (Å²) in [4.78, 5) is 36.1. The van der Waals surface area contributed by atoms with Gasteiger partial charge in [0, 0.05) is 88.0 Å². The van der Waals surface area contributed by atoms with Gasteiger partial charge in [0.05, 0.1) is 24.5 Å². The van der Waals surface area contributed by atoms with Gasteiger partial charge >= 0.3 is 0 Å². The molecule has 3 aliphatic rings. The summed E-state index contributed by atoms with van der Waals surface area (Å²) in [5.41, 5.74) is 8.68. The number of hydrogen-bond acceptors (Lipinski definition) is 6. The van der Waals surface area contributed by atoms with Crippen molar-refractivity contribution in [1.82, 2.24) is 23.6 Å². The van der Waals surface area contributed by atoms with E-state index in [0.29, 0.717) is 56.9 Å². The highest BCUT2D eigenvalue weighted by atomic mass is 32.2. The molecule has 1 saturated heterocycles. The first-order valence-electron chi connectivity index (χ1n) is 20.9. The van der Waals surface area contributed by atoms with Crippen LogP contribution in [0.2, 0.25) is 0 Å². The SMILES string of the molecule is CCCCN(CCCC)C(=O)c1cc(-c2cc3c(cc2C(=O)N2Cc4ccccc4C[C@H]2CN2CCOCC2)CN(S(=O)(=O)Cc2ccccc2)CC3)n(C)c1C. The number of hydrogen-bond donors (Lipinski definition) is 0. The van der Waals surface area contributed by atoms with Crippen LogP contribution in [0, 0.1) is 6.92 Å². The molecule has 3 aliphatic heterocycles. The largest absolute Gasteiger partial charge is 0.379 e. The Morgan fingerprint density at radius 1 is 0.807 bits per heavy atom. The fraction of sp³-hybridized carbons (Fsp3) is 0.478. The minimum atomic E-state index is -3.62. The second-order valence-electron chi connectivity index (χ2n) is 16.1. The van der Waals surface area contributed by atoms with Crippen LogP contribution in [0.25, 0.3) is 11.3 Å². The molecule has 4 aromatic rings. The normalized spacial score (nSPS) is 17.6. The van der Waals surface area contributed by atoms with E-state index >= 15 is 4.79 Å². The molecule has 3 aromatic carbocycles. The molecule has 1 aromatic heterocycles. The molecule has 0 unspecified atom stereocenters. The van der Waals surface area contributed by atoms with Gasteiger partial charge in [0.25, 0.3) is 11.8 Å². The molecule has 0 saturated carbocycles. The standard InChI is InChI=1S/C46H59N5O5S/c1-5-7-19-49(20-8-6-2)45(52)41-29-44(47(4)34(41)3)42-27-37-18-21-50(57(54,55)33-35-14-10-9-11-15-35)30-39(37)28-43(42)46(53)51-31-38-17-13-12-16-36(38)26-40(51)32-48-22-24-56-25-23-48/h9-17,27-29,40H,5-8,18-26,30-33H2,1-4H3/t40-/m0/s1. The van der Waals surface area contributed by atoms with Gasteiger partial charge in [0.1, 0.15) is 0 Å². The Hall–Kier alpha value is -4.29. The van der Waals surface area contributed by atoms with E-state index in [0.717, 1.165) is 90.9 Å². The summed E-state index contributed by atoms with van der Waals surface area (Å²) >= 11 is 0. The summed E-state index contributed by atoms with van der Waals surface area (Å²) in [5, 5.41) is 0. The van der Waals surface area contributed by atoms with E-state index in [2.05, 4.69) is 47.6 Å². The predicted molar refractivity (Wildman–Crippen MR) is 226 cm³/mol. The number of fused-ring (bicyclic) bond motifs is 2. The number of morpholine rings is 1. The predicted octanol–water partition coefficient (Wildman–Crippen LogP) is 6.83. The maximum absolute atomic E-state index is 15.4. The third-order valence-electron chi connectivity index (χ3n) is 12.2. The van der Waals surface area contributed by atoms with E-state index in [1.807, 2.05) is 72.3 Å². The van der Waals surface area contributed by atoms with Crippen LogP contribution in [0.15, 0.2) is 72.8 Å². The average molecular weight is 794 g/mol. The summed E-state index contributed by atoms with van der Waals surface area (Å²) in [6.07, 6.45) is 5.18. The molecule has 4 heterocycles. The van der Waals surface area contributed by atoms with E-state index in [9.17, 15) is 13.2 Å². The van der Waals surface area contributed by atoms with Crippen LogP contribution in [0.3, 0.4) is 0 Å². The van der Waals surface area contributed by atoms with Gasteiger partial charge in [-0.2, -0.15) is 4.31 Å². The van der Waals surface area contributed by atoms with Crippen molar-refractivity contribution < 1.29 is 22.7 Å². The molecule has 0 aliphatic carbocycles. The van der Waals surface area contributed by atoms with E-state index < -0.39 is 10.0 Å². The molecule has 57 heavy (non-hydrogen) atoms. The van der Waals surface area contributed by atoms with E-state index in [-0.39, 0.29) is 30.2 Å². The Morgan fingerprint density at radius 3 is 2.19 bits per heavy atom. The maximum atomic E-state index is 15.4. The topological polar surface area (TPSA) is 95.4 Å². The van der Waals surface area contributed by atoms with Crippen LogP contribution in [0.1, 0.15) is 93.8 Å². The van der Waals surface area contributed by atoms with Gasteiger partial charge in [-0.1, -0.05) is 81.3 Å². The average Bonchev–Trinajstić information content (AvgIpc) is 3.52. The van der Waals surface area contributed by atoms with E-state index in [1.165, 1.54) is 5.56 Å². The molecule has 10 nitrogen and oxygen atoms in total. The second kappa shape index (κ2) is 18.1. The first-order valence-corrected chi connectivity index (χ1v) is 22.5. The van der Waals surface area contributed by atoms with Gasteiger partial charge in [-0.15, -0.1) is 0 Å². The quantitative estimate of drug-likeness (QED) is 0.139. The lowest BCUT2D eigenvalue weighted by molar-refractivity contribution is 0.0193. The van der Waals surface area contributed by atoms with Crippen molar-refractivity contribution in [2.75, 3.05) is 52.5 Å². The minimum Gasteiger partial charge on any atom is -0.379 e. The lowest BCUT2D eigenvalue weighted by atomic mass is 9.89. The summed E-state index contributed by atoms with van der Waals surface area (Å²) < 4.78 is 36.9. The van der Waals surface area contributed by atoms with Crippen molar-refractivity contribution in [3.8, 4) is 11.3 Å². The first-order chi connectivity index (χ1) is 27.6. The summed E-state index contributed by atoms with van der Waals surface area (Å²) in [5.74, 6) is -0.125. The molecule has 0 bridgehead atoms. The van der Waals surface area contributed by atoms with E-state index in [4.69, 9.17) is 4.74 Å². The number of unbranched alkanes of at least 4 members (excludes halogenated alkanes) is 2. The molecular formula is C46H59N5O5S. The van der Waals surface area contributed by atoms with Gasteiger partial charge in [-0.05, 0) is 78.6 Å². The third-order valence-corrected chi connectivity index (χ3v) is 14.0. The number of sulfonamides is 1. The van der Waals surface area contributed by atoms with Crippen LogP contribution in [-0.2, 0) is 53.5 Å². The Labute approximate surface area is 339 Å². The zero-order valence-electron chi connectivity index (χ0n) is 34.2. The highest BCUT2D eigenvalue weighted by molar-refractivity contribution is 7.88. The van der Waals surface area contributed by atoms with Gasteiger partial charge in [0.2, 0.25) is 10.0 Å². The Morgan fingerprint density at radius 2 is 1.49 bits per heavy atom. The lowest BCUT2D eigenvalue weighted by Gasteiger charge is -2.41. The third kappa shape index (κ3) is 9.07. The smallest absolute Gasteiger partial charge is 0.255 e. The molecule has 1 atom stereocenters. The van der Waals surface area contributed by atoms with Crippen LogP contribution in [0.4, 0.5) is 0 Å². The Bertz CT molecular complexity index is 2150. The number of carbonyl (C=O) groups is 2. The lowest BCUT2D eigenvalue weighted by Crippen LogP contribution is -2.52. The zero-order valence-corrected chi connectivity index (χ0v) is 35.0. The number of nitrogens with zero attached hydrogens (tertiary/aromatic N) is 5. The van der Waals surface area contributed by atoms with Crippen molar-refractivity contribution in [1.29, 1.82) is 0 Å². The second-order valence-corrected chi connectivity index (χ2v) is 18.0. The summed E-state index contributed by atoms with van der Waals surface area (Å²) in [6, 6.07) is 23.7. The summed E-state index contributed by atoms with van der Waals surface area (Å²) in [7, 11) is -1.64. The number of ether oxygens (including phenoxy) is 1. The number of rotatable bonds is 14. The molecule has 2 amide bonds. The molecule has 304 valence electrons. The zero-order chi connectivity index (χ0) is 40.1. The molecule has 0 spiro atoms. The van der Waals surface area contributed by atoms with Crippen molar-refractivity contribution in [3.63, 3.8) is 0 Å². The van der Waals surface area contributed by atoms with Crippen LogP contribution in [0.5, 0.6) is 0 Å². The van der Waals surface area contributed by atoms with E-state index in [1.54, 1.807) is 4.31 Å². The van der Waals surface area contributed by atoms with Crippen LogP contribution >= 0.6 is 0 Å². The Kier molecular flexibility index (Phi) is 13.0. The first kappa shape index (κ1) is 40.9. The van der Waals surface area contributed by atoms with Gasteiger partial charge in [0.15, 0.2) is 0 Å². The van der Waals surface area contributed by atoms with Crippen molar-refractivity contribution in [2.24, 2.45) is 7.05 Å². The maximum Gasteiger partial charge on any atom is 0.255 e. The fourth-order valence-electron chi connectivity index (χ4n) is 8.67. The fourth-order valence-corrected chi connectivity index (χ4v) is 10.2. The van der Waals surface area contributed by atoms with Crippen LogP contribution < -0.4 is 0 Å². The van der Waals surface area contributed by atoms with Gasteiger partial charge < -0.3 is 19.1 Å². The minimum absolute atomic E-state index is 0.0274. The highest BCUT2D eigenvalue weighted by Gasteiger charge is 2.36. The van der Waals surface area contributed by atoms with Crippen molar-refractivity contribution >= 4 is 21.8 Å². The Balaban J connectivity index is 1.30. The molecule has 0 N–H and O–H groups in total. The van der Waals surface area contributed by atoms with Crippen molar-refractivity contribution in [3.05, 3.63) is 117 Å². The molecule has 1 fully saturated rings. The number of amides is 2. The summed E-state index contributed by atoms with van der Waals surface area (Å²) in [6.45, 7) is 12.5. The molecule has 7 rings (SSSR count). The van der Waals surface area contributed by atoms with Crippen LogP contribution in [-0.4, -0.2) is 102 Å². The number of aromatic nitrogens is 1. The molecular weight excluding hydrogens is 735 g/mol. The van der Waals surface area contributed by atoms with Gasteiger partial charge in [-0.3, -0.25) is 14.5 Å². The monoisotopic (exact) mass is 793 g/mol. The number of carbonyl (C=O) groups excluding carboxylic acids is 2. The highest BCUT2D eigenvalue weighted by Crippen LogP contribution is 2.36. The number of benzene rings is 3. The molecule has 11 heteroatoms. The molecule has 0 radical (unpaired) electrons. The van der Waals surface area contributed by atoms with Gasteiger partial charge in [-0.25, -0.2) is 8.42 Å². The van der Waals surface area contributed by atoms with Crippen molar-refractivity contribution in [2.45, 2.75) is 84.2 Å².